The summed E-state index contributed by atoms with van der Waals surface area (Å²) in [7, 11) is 0. The quantitative estimate of drug-likeness (QED) is 0.598. The van der Waals surface area contributed by atoms with Crippen LogP contribution in [0.25, 0.3) is 5.69 Å². The van der Waals surface area contributed by atoms with E-state index in [2.05, 4.69) is 15.6 Å². The van der Waals surface area contributed by atoms with Crippen molar-refractivity contribution in [2.24, 2.45) is 5.92 Å². The van der Waals surface area contributed by atoms with Crippen molar-refractivity contribution in [2.75, 3.05) is 18.4 Å². The van der Waals surface area contributed by atoms with Crippen molar-refractivity contribution in [1.82, 2.24) is 19.9 Å². The molecule has 1 fully saturated rings. The van der Waals surface area contributed by atoms with Crippen LogP contribution in [0.1, 0.15) is 29.0 Å². The molecule has 172 valence electrons. The predicted molar refractivity (Wildman–Crippen MR) is 110 cm³/mol. The number of para-hydroxylation sites is 1. The normalized spacial score (nSPS) is 14.8. The molecule has 2 aromatic carbocycles. The SMILES string of the molecule is O=C(Nc1ccccc1)C1CCN(C(=O)c2nnn(-c3ccc(F)cc3)c2C(F)(F)F)CC1. The molecule has 3 aromatic rings. The Morgan fingerprint density at radius 1 is 0.970 bits per heavy atom. The highest BCUT2D eigenvalue weighted by Gasteiger charge is 2.43. The van der Waals surface area contributed by atoms with Crippen molar-refractivity contribution in [3.63, 3.8) is 0 Å². The highest BCUT2D eigenvalue weighted by Crippen LogP contribution is 2.34. The first-order chi connectivity index (χ1) is 15.7. The molecule has 1 aromatic heterocycles. The summed E-state index contributed by atoms with van der Waals surface area (Å²) in [5.41, 5.74) is -1.60. The minimum absolute atomic E-state index is 0.0773. The van der Waals surface area contributed by atoms with Crippen LogP contribution in [0.4, 0.5) is 23.2 Å². The van der Waals surface area contributed by atoms with Crippen LogP contribution in [0.2, 0.25) is 0 Å². The molecule has 1 N–H and O–H groups in total. The fraction of sp³-hybridized carbons (Fsp3) is 0.273. The zero-order chi connectivity index (χ0) is 23.6. The summed E-state index contributed by atoms with van der Waals surface area (Å²) in [5.74, 6) is -2.11. The predicted octanol–water partition coefficient (Wildman–Crippen LogP) is 3.92. The summed E-state index contributed by atoms with van der Waals surface area (Å²) < 4.78 is 55.1. The number of carbonyl (C=O) groups is 2. The smallest absolute Gasteiger partial charge is 0.337 e. The Labute approximate surface area is 186 Å². The van der Waals surface area contributed by atoms with E-state index in [4.69, 9.17) is 0 Å². The topological polar surface area (TPSA) is 80.1 Å². The van der Waals surface area contributed by atoms with Gasteiger partial charge in [-0.15, -0.1) is 5.10 Å². The number of alkyl halides is 3. The Bertz CT molecular complexity index is 1140. The highest BCUT2D eigenvalue weighted by atomic mass is 19.4. The van der Waals surface area contributed by atoms with Gasteiger partial charge in [0.15, 0.2) is 11.4 Å². The number of carbonyl (C=O) groups excluding carboxylic acids is 2. The number of piperidine rings is 1. The molecule has 0 unspecified atom stereocenters. The first kappa shape index (κ1) is 22.4. The first-order valence-electron chi connectivity index (χ1n) is 10.2. The van der Waals surface area contributed by atoms with Gasteiger partial charge in [-0.05, 0) is 49.2 Å². The molecular weight excluding hydrogens is 442 g/mol. The van der Waals surface area contributed by atoms with Gasteiger partial charge < -0.3 is 10.2 Å². The van der Waals surface area contributed by atoms with Crippen LogP contribution in [0.15, 0.2) is 54.6 Å². The van der Waals surface area contributed by atoms with Crippen LogP contribution in [-0.2, 0) is 11.0 Å². The molecule has 0 aliphatic carbocycles. The molecule has 0 atom stereocenters. The van der Waals surface area contributed by atoms with Crippen LogP contribution in [0.3, 0.4) is 0 Å². The maximum absolute atomic E-state index is 13.8. The van der Waals surface area contributed by atoms with Crippen molar-refractivity contribution in [2.45, 2.75) is 19.0 Å². The number of hydrogen-bond donors (Lipinski definition) is 1. The van der Waals surface area contributed by atoms with E-state index in [1.165, 1.54) is 4.90 Å². The zero-order valence-electron chi connectivity index (χ0n) is 17.2. The maximum atomic E-state index is 13.8. The molecule has 2 heterocycles. The van der Waals surface area contributed by atoms with Gasteiger partial charge in [-0.25, -0.2) is 9.07 Å². The van der Waals surface area contributed by atoms with Crippen LogP contribution >= 0.6 is 0 Å². The lowest BCUT2D eigenvalue weighted by molar-refractivity contribution is -0.143. The molecule has 11 heteroatoms. The summed E-state index contributed by atoms with van der Waals surface area (Å²) in [6, 6.07) is 13.1. The number of nitrogens with one attached hydrogen (secondary N) is 1. The van der Waals surface area contributed by atoms with Gasteiger partial charge in [0, 0.05) is 24.7 Å². The van der Waals surface area contributed by atoms with E-state index in [9.17, 15) is 27.2 Å². The van der Waals surface area contributed by atoms with Gasteiger partial charge in [0.05, 0.1) is 5.69 Å². The molecule has 33 heavy (non-hydrogen) atoms. The number of amides is 2. The summed E-state index contributed by atoms with van der Waals surface area (Å²) in [5, 5.41) is 9.79. The van der Waals surface area contributed by atoms with Crippen molar-refractivity contribution >= 4 is 17.5 Å². The summed E-state index contributed by atoms with van der Waals surface area (Å²) in [4.78, 5) is 26.6. The number of benzene rings is 2. The molecular formula is C22H19F4N5O2. The molecule has 1 saturated heterocycles. The summed E-state index contributed by atoms with van der Waals surface area (Å²) in [6.07, 6.45) is -4.31. The van der Waals surface area contributed by atoms with Crippen molar-refractivity contribution in [3.05, 3.63) is 71.8 Å². The van der Waals surface area contributed by atoms with Gasteiger partial charge >= 0.3 is 6.18 Å². The molecule has 1 aliphatic heterocycles. The minimum Gasteiger partial charge on any atom is -0.337 e. The van der Waals surface area contributed by atoms with Crippen LogP contribution in [0.5, 0.6) is 0 Å². The lowest BCUT2D eigenvalue weighted by Crippen LogP contribution is -2.42. The minimum atomic E-state index is -4.92. The monoisotopic (exact) mass is 461 g/mol. The molecule has 4 rings (SSSR count). The van der Waals surface area contributed by atoms with Crippen LogP contribution < -0.4 is 5.32 Å². The fourth-order valence-electron chi connectivity index (χ4n) is 3.70. The molecule has 2 amide bonds. The second kappa shape index (κ2) is 9.00. The lowest BCUT2D eigenvalue weighted by Gasteiger charge is -2.31. The molecule has 1 aliphatic rings. The third-order valence-electron chi connectivity index (χ3n) is 5.41. The summed E-state index contributed by atoms with van der Waals surface area (Å²) >= 11 is 0. The van der Waals surface area contributed by atoms with E-state index in [-0.39, 0.29) is 30.6 Å². The average molecular weight is 461 g/mol. The van der Waals surface area contributed by atoms with Gasteiger partial charge in [0.1, 0.15) is 5.82 Å². The number of hydrogen-bond acceptors (Lipinski definition) is 4. The van der Waals surface area contributed by atoms with Crippen molar-refractivity contribution in [1.29, 1.82) is 0 Å². The summed E-state index contributed by atoms with van der Waals surface area (Å²) in [6.45, 7) is 0.207. The van der Waals surface area contributed by atoms with E-state index in [0.29, 0.717) is 23.2 Å². The Balaban J connectivity index is 1.49. The Morgan fingerprint density at radius 2 is 1.61 bits per heavy atom. The number of anilines is 1. The third kappa shape index (κ3) is 4.86. The second-order valence-electron chi connectivity index (χ2n) is 7.59. The number of nitrogens with zero attached hydrogens (tertiary/aromatic N) is 4. The molecule has 0 radical (unpaired) electrons. The standard InChI is InChI=1S/C22H19F4N5O2/c23-15-6-8-17(9-7-15)31-19(22(24,25)26)18(28-29-31)21(33)30-12-10-14(11-13-30)20(32)27-16-4-2-1-3-5-16/h1-9,14H,10-13H2,(H,27,32). The molecule has 0 bridgehead atoms. The lowest BCUT2D eigenvalue weighted by atomic mass is 9.95. The number of aromatic nitrogens is 3. The van der Waals surface area contributed by atoms with E-state index in [0.717, 1.165) is 24.3 Å². The Kier molecular flexibility index (Phi) is 6.12. The number of rotatable bonds is 4. The van der Waals surface area contributed by atoms with Gasteiger partial charge in [0.2, 0.25) is 5.91 Å². The van der Waals surface area contributed by atoms with Crippen LogP contribution in [0, 0.1) is 11.7 Å². The van der Waals surface area contributed by atoms with E-state index in [1.807, 2.05) is 6.07 Å². The zero-order valence-corrected chi connectivity index (χ0v) is 17.2. The number of halogens is 4. The number of likely N-dealkylation sites (tertiary alicyclic amines) is 1. The van der Waals surface area contributed by atoms with Crippen molar-refractivity contribution in [3.8, 4) is 5.69 Å². The second-order valence-corrected chi connectivity index (χ2v) is 7.59. The van der Waals surface area contributed by atoms with Gasteiger partial charge in [-0.3, -0.25) is 9.59 Å². The molecule has 7 nitrogen and oxygen atoms in total. The largest absolute Gasteiger partial charge is 0.435 e. The van der Waals surface area contributed by atoms with Crippen LogP contribution in [-0.4, -0.2) is 44.8 Å². The average Bonchev–Trinajstić information content (AvgIpc) is 3.26. The molecule has 0 spiro atoms. The first-order valence-corrected chi connectivity index (χ1v) is 10.2. The Morgan fingerprint density at radius 3 is 2.21 bits per heavy atom. The van der Waals surface area contributed by atoms with Crippen molar-refractivity contribution < 1.29 is 27.2 Å². The van der Waals surface area contributed by atoms with E-state index >= 15 is 0 Å². The van der Waals surface area contributed by atoms with Gasteiger partial charge in [-0.2, -0.15) is 13.2 Å². The van der Waals surface area contributed by atoms with Gasteiger partial charge in [0.25, 0.3) is 5.91 Å². The maximum Gasteiger partial charge on any atom is 0.435 e. The van der Waals surface area contributed by atoms with E-state index < -0.39 is 29.3 Å². The fourth-order valence-corrected chi connectivity index (χ4v) is 3.70. The van der Waals surface area contributed by atoms with Gasteiger partial charge in [-0.1, -0.05) is 23.4 Å². The van der Waals surface area contributed by atoms with E-state index in [1.54, 1.807) is 24.3 Å². The third-order valence-corrected chi connectivity index (χ3v) is 5.41. The molecule has 0 saturated carbocycles. The Hall–Kier alpha value is -3.76. The highest BCUT2D eigenvalue weighted by molar-refractivity contribution is 5.95.